The van der Waals surface area contributed by atoms with Gasteiger partial charge in [-0.3, -0.25) is 0 Å². The van der Waals surface area contributed by atoms with Crippen LogP contribution in [0.2, 0.25) is 6.82 Å². The smallest absolute Gasteiger partial charge is 0.153 e. The number of hydrogen-bond acceptors (Lipinski definition) is 1. The summed E-state index contributed by atoms with van der Waals surface area (Å²) in [6.07, 6.45) is 0.983. The molecule has 0 amide bonds. The van der Waals surface area contributed by atoms with Gasteiger partial charge in [0, 0.05) is 7.29 Å². The second-order valence-corrected chi connectivity index (χ2v) is 3.58. The third kappa shape index (κ3) is 1.82. The maximum atomic E-state index is 7.40. The zero-order valence-electron chi connectivity index (χ0n) is 9.98. The Labute approximate surface area is 83.2 Å². The van der Waals surface area contributed by atoms with E-state index in [1.807, 2.05) is 6.82 Å². The maximum Gasteiger partial charge on any atom is 0.153 e. The number of furan rings is 1. The van der Waals surface area contributed by atoms with Crippen LogP contribution in [0.15, 0.2) is 4.42 Å². The van der Waals surface area contributed by atoms with Gasteiger partial charge in [-0.1, -0.05) is 27.6 Å². The van der Waals surface area contributed by atoms with E-state index in [1.165, 1.54) is 5.56 Å². The van der Waals surface area contributed by atoms with Crippen LogP contribution in [0.1, 0.15) is 45.1 Å². The molecule has 1 aromatic heterocycles. The molecule has 0 saturated carbocycles. The number of rotatable bonds is 3. The molecule has 0 atom stereocenters. The predicted octanol–water partition coefficient (Wildman–Crippen LogP) is 2.65. The quantitative estimate of drug-likeness (QED) is 0.648. The van der Waals surface area contributed by atoms with Gasteiger partial charge in [-0.05, 0) is 24.3 Å². The van der Waals surface area contributed by atoms with E-state index in [0.29, 0.717) is 5.92 Å². The summed E-state index contributed by atoms with van der Waals surface area (Å²) in [5.74, 6) is 2.28. The van der Waals surface area contributed by atoms with E-state index in [2.05, 4.69) is 28.1 Å². The highest BCUT2D eigenvalue weighted by Gasteiger charge is 2.16. The first-order chi connectivity index (χ1) is 6.65. The molecule has 0 aliphatic heterocycles. The molecule has 13 heavy (non-hydrogen) atoms. The topological polar surface area (TPSA) is 13.1 Å². The Bertz CT molecular complexity index is 304. The molecule has 0 aliphatic rings. The summed E-state index contributed by atoms with van der Waals surface area (Å²) in [6.45, 7) is 8.64. The van der Waals surface area contributed by atoms with E-state index >= 15 is 0 Å². The second kappa shape index (κ2) is 4.04. The summed E-state index contributed by atoms with van der Waals surface area (Å²) in [6, 6.07) is 0. The Morgan fingerprint density at radius 3 is 2.62 bits per heavy atom. The molecule has 2 heteroatoms. The van der Waals surface area contributed by atoms with Crippen LogP contribution in [0.25, 0.3) is 0 Å². The number of hydrogen-bond donors (Lipinski definition) is 0. The minimum atomic E-state index is 0.236. The Hall–Kier alpha value is -0.655. The summed E-state index contributed by atoms with van der Waals surface area (Å²) in [5, 5.41) is 0. The van der Waals surface area contributed by atoms with Crippen LogP contribution in [-0.2, 0) is 6.42 Å². The van der Waals surface area contributed by atoms with Gasteiger partial charge in [0.2, 0.25) is 0 Å². The molecule has 0 aliphatic carbocycles. The SMILES string of the molecule is [2H]Cc1oc(C(C)C)c(CC)c1[B]C. The normalized spacial score (nSPS) is 11.9. The van der Waals surface area contributed by atoms with Gasteiger partial charge in [0.15, 0.2) is 7.28 Å². The molecular formula is C11H18BO. The first-order valence-corrected chi connectivity index (χ1v) is 4.88. The lowest BCUT2D eigenvalue weighted by atomic mass is 9.70. The van der Waals surface area contributed by atoms with Crippen LogP contribution in [-0.4, -0.2) is 7.28 Å². The largest absolute Gasteiger partial charge is 0.466 e. The predicted molar refractivity (Wildman–Crippen MR) is 58.2 cm³/mol. The van der Waals surface area contributed by atoms with Crippen molar-refractivity contribution in [3.05, 3.63) is 17.1 Å². The maximum absolute atomic E-state index is 7.40. The van der Waals surface area contributed by atoms with Gasteiger partial charge in [-0.15, -0.1) is 0 Å². The zero-order valence-corrected chi connectivity index (χ0v) is 8.98. The lowest BCUT2D eigenvalue weighted by molar-refractivity contribution is 0.461. The number of aryl methyl sites for hydroxylation is 1. The minimum Gasteiger partial charge on any atom is -0.466 e. The molecule has 1 radical (unpaired) electrons. The Morgan fingerprint density at radius 1 is 1.54 bits per heavy atom. The van der Waals surface area contributed by atoms with Crippen molar-refractivity contribution in [3.63, 3.8) is 0 Å². The molecular weight excluding hydrogens is 159 g/mol. The summed E-state index contributed by atoms with van der Waals surface area (Å²) < 4.78 is 13.1. The Balaban J connectivity index is 3.24. The van der Waals surface area contributed by atoms with Crippen LogP contribution in [0.3, 0.4) is 0 Å². The van der Waals surface area contributed by atoms with Crippen molar-refractivity contribution in [2.24, 2.45) is 0 Å². The average molecular weight is 178 g/mol. The van der Waals surface area contributed by atoms with Crippen molar-refractivity contribution in [3.8, 4) is 0 Å². The summed E-state index contributed by atoms with van der Waals surface area (Å²) in [7, 11) is 2.05. The first-order valence-electron chi connectivity index (χ1n) is 5.59. The minimum absolute atomic E-state index is 0.236. The third-order valence-corrected chi connectivity index (χ3v) is 2.32. The van der Waals surface area contributed by atoms with E-state index < -0.39 is 0 Å². The average Bonchev–Trinajstić information content (AvgIpc) is 2.54. The van der Waals surface area contributed by atoms with Crippen LogP contribution >= 0.6 is 0 Å². The van der Waals surface area contributed by atoms with Crippen molar-refractivity contribution in [1.82, 2.24) is 0 Å². The van der Waals surface area contributed by atoms with Crippen LogP contribution in [0.4, 0.5) is 0 Å². The molecule has 1 nitrogen and oxygen atoms in total. The molecule has 0 saturated heterocycles. The first kappa shape index (κ1) is 8.92. The van der Waals surface area contributed by atoms with E-state index in [0.717, 1.165) is 23.4 Å². The van der Waals surface area contributed by atoms with Gasteiger partial charge >= 0.3 is 0 Å². The van der Waals surface area contributed by atoms with Crippen molar-refractivity contribution < 1.29 is 5.79 Å². The molecule has 0 aromatic carbocycles. The molecule has 1 rings (SSSR count). The molecule has 0 spiro atoms. The second-order valence-electron chi connectivity index (χ2n) is 3.58. The highest BCUT2D eigenvalue weighted by Crippen LogP contribution is 2.21. The summed E-state index contributed by atoms with van der Waals surface area (Å²) >= 11 is 0. The van der Waals surface area contributed by atoms with Crippen molar-refractivity contribution in [1.29, 1.82) is 0 Å². The molecule has 0 fully saturated rings. The molecule has 0 N–H and O–H groups in total. The lowest BCUT2D eigenvalue weighted by Crippen LogP contribution is -2.16. The highest BCUT2D eigenvalue weighted by molar-refractivity contribution is 6.53. The van der Waals surface area contributed by atoms with Crippen LogP contribution in [0, 0.1) is 6.90 Å². The Kier molecular flexibility index (Phi) is 2.77. The molecule has 71 valence electrons. The monoisotopic (exact) mass is 178 g/mol. The molecule has 0 unspecified atom stereocenters. The fraction of sp³-hybridized carbons (Fsp3) is 0.636. The third-order valence-electron chi connectivity index (χ3n) is 2.32. The van der Waals surface area contributed by atoms with Crippen molar-refractivity contribution in [2.45, 2.75) is 46.8 Å². The van der Waals surface area contributed by atoms with Crippen LogP contribution < -0.4 is 5.46 Å². The van der Waals surface area contributed by atoms with Crippen LogP contribution in [0.5, 0.6) is 0 Å². The fourth-order valence-corrected chi connectivity index (χ4v) is 1.72. The molecule has 1 heterocycles. The lowest BCUT2D eigenvalue weighted by Gasteiger charge is -2.04. The highest BCUT2D eigenvalue weighted by atomic mass is 16.3. The molecule has 1 aromatic rings. The van der Waals surface area contributed by atoms with E-state index in [9.17, 15) is 0 Å². The molecule has 0 bridgehead atoms. The van der Waals surface area contributed by atoms with Gasteiger partial charge < -0.3 is 4.42 Å². The van der Waals surface area contributed by atoms with E-state index in [4.69, 9.17) is 5.79 Å². The summed E-state index contributed by atoms with van der Waals surface area (Å²) in [4.78, 5) is 0. The fourth-order valence-electron chi connectivity index (χ4n) is 1.72. The van der Waals surface area contributed by atoms with Gasteiger partial charge in [0.25, 0.3) is 0 Å². The van der Waals surface area contributed by atoms with Crippen molar-refractivity contribution >= 4 is 12.7 Å². The zero-order chi connectivity index (χ0) is 10.7. The van der Waals surface area contributed by atoms with Gasteiger partial charge in [-0.2, -0.15) is 0 Å². The van der Waals surface area contributed by atoms with Gasteiger partial charge in [0.05, 0.1) is 5.76 Å². The van der Waals surface area contributed by atoms with Crippen molar-refractivity contribution in [2.75, 3.05) is 0 Å². The Morgan fingerprint density at radius 2 is 2.23 bits per heavy atom. The van der Waals surface area contributed by atoms with E-state index in [-0.39, 0.29) is 6.90 Å². The summed E-state index contributed by atoms with van der Waals surface area (Å²) in [5.41, 5.74) is 2.43. The van der Waals surface area contributed by atoms with Gasteiger partial charge in [-0.25, -0.2) is 0 Å². The van der Waals surface area contributed by atoms with Gasteiger partial charge in [0.1, 0.15) is 5.76 Å². The van der Waals surface area contributed by atoms with E-state index in [1.54, 1.807) is 0 Å². The standard InChI is InChI=1S/C11H18BO/c1-6-9-10(12-5)8(4)13-11(9)7(2)3/h7H,6H2,1-5H3/i4D.